The first-order valence-corrected chi connectivity index (χ1v) is 11.3. The average molecular weight is 490 g/mol. The van der Waals surface area contributed by atoms with E-state index in [0.29, 0.717) is 19.8 Å². The summed E-state index contributed by atoms with van der Waals surface area (Å²) in [7, 11) is 0. The van der Waals surface area contributed by atoms with Crippen LogP contribution in [0.2, 0.25) is 0 Å². The predicted molar refractivity (Wildman–Crippen MR) is 118 cm³/mol. The van der Waals surface area contributed by atoms with Gasteiger partial charge >= 0.3 is 11.7 Å². The maximum Gasteiger partial charge on any atom is 0.351 e. The van der Waals surface area contributed by atoms with Crippen LogP contribution in [0.4, 0.5) is 5.82 Å². The van der Waals surface area contributed by atoms with Crippen LogP contribution in [-0.2, 0) is 28.6 Å². The molecule has 34 heavy (non-hydrogen) atoms. The third kappa shape index (κ3) is 6.95. The molecule has 0 aliphatic carbocycles. The lowest BCUT2D eigenvalue weighted by Crippen LogP contribution is -2.46. The third-order valence-electron chi connectivity index (χ3n) is 5.19. The Morgan fingerprint density at radius 3 is 2.32 bits per heavy atom. The molecule has 0 aromatic carbocycles. The van der Waals surface area contributed by atoms with Gasteiger partial charge in [0, 0.05) is 32.1 Å². The summed E-state index contributed by atoms with van der Waals surface area (Å²) in [5.74, 6) is -0.780. The molecule has 1 saturated heterocycles. The molecule has 2 rings (SSSR count). The van der Waals surface area contributed by atoms with Crippen LogP contribution in [0.25, 0.3) is 0 Å². The van der Waals surface area contributed by atoms with Crippen molar-refractivity contribution in [3.05, 3.63) is 22.7 Å². The fourth-order valence-electron chi connectivity index (χ4n) is 3.29. The summed E-state index contributed by atoms with van der Waals surface area (Å²) in [5, 5.41) is 29.2. The molecule has 13 nitrogen and oxygen atoms in total. The zero-order chi connectivity index (χ0) is 25.1. The minimum Gasteiger partial charge on any atom is -0.394 e. The number of carbonyl (C=O) groups is 1. The molecule has 0 unspecified atom stereocenters. The van der Waals surface area contributed by atoms with Crippen molar-refractivity contribution < 1.29 is 43.9 Å². The van der Waals surface area contributed by atoms with Crippen LogP contribution in [0.3, 0.4) is 0 Å². The van der Waals surface area contributed by atoms with Gasteiger partial charge in [0.05, 0.1) is 26.4 Å². The van der Waals surface area contributed by atoms with E-state index in [1.165, 1.54) is 12.3 Å². The Kier molecular flexibility index (Phi) is 11.3. The second kappa shape index (κ2) is 13.7. The summed E-state index contributed by atoms with van der Waals surface area (Å²) in [6.07, 6.45) is -3.05. The molecular weight excluding hydrogens is 454 g/mol. The molecule has 0 spiro atoms. The van der Waals surface area contributed by atoms with Crippen molar-refractivity contribution in [1.29, 1.82) is 0 Å². The molecular formula is C21H35N3O10. The molecule has 1 aliphatic heterocycles. The summed E-state index contributed by atoms with van der Waals surface area (Å²) in [5.41, 5.74) is 0.286. The van der Waals surface area contributed by atoms with Gasteiger partial charge in [-0.05, 0) is 20.3 Å². The number of hydrogen-bond acceptors (Lipinski definition) is 12. The van der Waals surface area contributed by atoms with Crippen molar-refractivity contribution in [2.24, 2.45) is 5.41 Å². The van der Waals surface area contributed by atoms with Crippen molar-refractivity contribution >= 4 is 11.8 Å². The number of aliphatic hydroxyl groups excluding tert-OH is 3. The Morgan fingerprint density at radius 2 is 1.79 bits per heavy atom. The number of anilines is 1. The van der Waals surface area contributed by atoms with E-state index in [0.717, 1.165) is 11.0 Å². The van der Waals surface area contributed by atoms with Crippen LogP contribution in [0, 0.1) is 5.41 Å². The number of aromatic nitrogens is 2. The van der Waals surface area contributed by atoms with Gasteiger partial charge in [0.25, 0.3) is 0 Å². The second-order valence-corrected chi connectivity index (χ2v) is 7.83. The molecule has 2 heterocycles. The van der Waals surface area contributed by atoms with Gasteiger partial charge in [-0.25, -0.2) is 15.1 Å². The van der Waals surface area contributed by atoms with Crippen LogP contribution in [-0.4, -0.2) is 95.4 Å². The smallest absolute Gasteiger partial charge is 0.351 e. The van der Waals surface area contributed by atoms with Gasteiger partial charge in [-0.3, -0.25) is 4.57 Å². The lowest BCUT2D eigenvalue weighted by molar-refractivity contribution is -0.168. The highest BCUT2D eigenvalue weighted by molar-refractivity contribution is 5.78. The number of ether oxygens (including phenoxy) is 4. The molecule has 194 valence electrons. The lowest BCUT2D eigenvalue weighted by atomic mass is 9.91. The van der Waals surface area contributed by atoms with E-state index in [2.05, 4.69) is 10.5 Å². The Morgan fingerprint density at radius 1 is 1.15 bits per heavy atom. The van der Waals surface area contributed by atoms with Crippen LogP contribution in [0.5, 0.6) is 0 Å². The van der Waals surface area contributed by atoms with Crippen molar-refractivity contribution in [1.82, 2.24) is 9.55 Å². The number of rotatable bonds is 15. The van der Waals surface area contributed by atoms with Crippen LogP contribution < -0.4 is 11.2 Å². The number of nitrogens with one attached hydrogen (secondary N) is 1. The molecule has 1 aromatic heterocycles. The zero-order valence-electron chi connectivity index (χ0n) is 19.7. The lowest BCUT2D eigenvalue weighted by Gasteiger charge is -2.30. The van der Waals surface area contributed by atoms with E-state index in [-0.39, 0.29) is 25.6 Å². The first kappa shape index (κ1) is 28.1. The van der Waals surface area contributed by atoms with Crippen molar-refractivity contribution in [3.63, 3.8) is 0 Å². The van der Waals surface area contributed by atoms with Gasteiger partial charge in [-0.2, -0.15) is 4.98 Å². The van der Waals surface area contributed by atoms with E-state index in [1.807, 2.05) is 6.92 Å². The fraction of sp³-hybridized carbons (Fsp3) is 0.762. The van der Waals surface area contributed by atoms with E-state index >= 15 is 0 Å². The first-order valence-electron chi connectivity index (χ1n) is 11.3. The minimum atomic E-state index is -1.44. The number of carbonyl (C=O) groups excluding carboxylic acids is 1. The Balaban J connectivity index is 2.12. The number of nitrogens with zero attached hydrogens (tertiary/aromatic N) is 2. The molecule has 0 amide bonds. The highest BCUT2D eigenvalue weighted by atomic mass is 16.7. The van der Waals surface area contributed by atoms with Crippen molar-refractivity contribution in [2.45, 2.75) is 51.7 Å². The molecule has 1 aliphatic rings. The molecule has 0 saturated carbocycles. The summed E-state index contributed by atoms with van der Waals surface area (Å²) >= 11 is 0. The molecule has 13 heteroatoms. The molecule has 4 atom stereocenters. The van der Waals surface area contributed by atoms with E-state index in [9.17, 15) is 24.9 Å². The van der Waals surface area contributed by atoms with Gasteiger partial charge in [0.15, 0.2) is 12.0 Å². The monoisotopic (exact) mass is 489 g/mol. The third-order valence-corrected chi connectivity index (χ3v) is 5.19. The topological polar surface area (TPSA) is 171 Å². The predicted octanol–water partition coefficient (Wildman–Crippen LogP) is -0.789. The maximum atomic E-state index is 13.0. The Bertz CT molecular complexity index is 812. The molecule has 1 fully saturated rings. The standard InChI is InChI=1S/C21H35N3O10/c1-4-9-32-13-21(11-30-5-2,12-31-6-3)19(28)34-23-15-7-8-24(20(29)22-15)18-17(27)16(26)14(10-25)33-18/h7-8,14,16-18,25-27H,4-6,9-13H2,1-3H3,(H,22,23,29)/t14-,16-,17-,18-/m1/s1. The van der Waals surface area contributed by atoms with Gasteiger partial charge in [0.2, 0.25) is 0 Å². The zero-order valence-corrected chi connectivity index (χ0v) is 19.7. The Labute approximate surface area is 197 Å². The normalized spacial score (nSPS) is 22.6. The number of aliphatic hydroxyl groups is 3. The van der Waals surface area contributed by atoms with Crippen molar-refractivity contribution in [2.75, 3.05) is 51.7 Å². The van der Waals surface area contributed by atoms with Gasteiger partial charge in [-0.15, -0.1) is 0 Å². The van der Waals surface area contributed by atoms with Gasteiger partial charge in [-0.1, -0.05) is 6.92 Å². The van der Waals surface area contributed by atoms with Crippen molar-refractivity contribution in [3.8, 4) is 0 Å². The Hall–Kier alpha value is -2.13. The first-order chi connectivity index (χ1) is 16.3. The van der Waals surface area contributed by atoms with Crippen LogP contribution in [0.1, 0.15) is 33.4 Å². The average Bonchev–Trinajstić information content (AvgIpc) is 3.12. The van der Waals surface area contributed by atoms with E-state index in [4.69, 9.17) is 23.8 Å². The fourth-order valence-corrected chi connectivity index (χ4v) is 3.29. The van der Waals surface area contributed by atoms with Crippen LogP contribution >= 0.6 is 0 Å². The molecule has 4 N–H and O–H groups in total. The maximum absolute atomic E-state index is 13.0. The van der Waals surface area contributed by atoms with Crippen LogP contribution in [0.15, 0.2) is 17.1 Å². The summed E-state index contributed by atoms with van der Waals surface area (Å²) in [6.45, 7) is 6.25. The number of hydrogen-bond donors (Lipinski definition) is 4. The summed E-state index contributed by atoms with van der Waals surface area (Å²) in [6, 6.07) is 1.32. The largest absolute Gasteiger partial charge is 0.394 e. The molecule has 1 aromatic rings. The quantitative estimate of drug-likeness (QED) is 0.179. The van der Waals surface area contributed by atoms with Gasteiger partial charge < -0.3 is 39.1 Å². The molecule has 0 bridgehead atoms. The minimum absolute atomic E-state index is 0.00795. The second-order valence-electron chi connectivity index (χ2n) is 7.83. The van der Waals surface area contributed by atoms with E-state index in [1.54, 1.807) is 13.8 Å². The highest BCUT2D eigenvalue weighted by Gasteiger charge is 2.44. The highest BCUT2D eigenvalue weighted by Crippen LogP contribution is 2.28. The SMILES string of the molecule is CCCOCC(COCC)(COCC)C(=O)ONc1ccn([C@@H]2O[C@H](CO)[C@@H](O)[C@H]2O)c(=O)n1. The summed E-state index contributed by atoms with van der Waals surface area (Å²) < 4.78 is 22.9. The molecule has 0 radical (unpaired) electrons. The van der Waals surface area contributed by atoms with E-state index < -0.39 is 48.2 Å². The van der Waals surface area contributed by atoms with Gasteiger partial charge in [0.1, 0.15) is 23.7 Å². The summed E-state index contributed by atoms with van der Waals surface area (Å²) in [4.78, 5) is 34.5.